The standard InChI is InChI=1S/C22H27N3O3S2/c1-15-6-11-18(28-5)20-21(15)30-22(23-20)25(13-12-24(2)3)19(26)14-29-17-9-7-16(27-4)8-10-17/h6-11H,12-14H2,1-5H3. The van der Waals surface area contributed by atoms with Crippen LogP contribution in [0.4, 0.5) is 5.13 Å². The highest BCUT2D eigenvalue weighted by Gasteiger charge is 2.22. The molecule has 0 aliphatic carbocycles. The number of benzene rings is 2. The molecule has 1 amide bonds. The molecular formula is C22H27N3O3S2. The van der Waals surface area contributed by atoms with E-state index in [0.717, 1.165) is 38.7 Å². The van der Waals surface area contributed by atoms with Gasteiger partial charge in [-0.3, -0.25) is 9.69 Å². The molecule has 0 saturated carbocycles. The van der Waals surface area contributed by atoms with E-state index >= 15 is 0 Å². The first-order chi connectivity index (χ1) is 14.4. The van der Waals surface area contributed by atoms with E-state index in [9.17, 15) is 4.79 Å². The molecule has 1 aromatic heterocycles. The van der Waals surface area contributed by atoms with Crippen LogP contribution in [0.3, 0.4) is 0 Å². The molecule has 0 saturated heterocycles. The van der Waals surface area contributed by atoms with Crippen LogP contribution >= 0.6 is 23.1 Å². The van der Waals surface area contributed by atoms with Crippen LogP contribution in [-0.4, -0.2) is 62.9 Å². The van der Waals surface area contributed by atoms with Crippen LogP contribution in [0.5, 0.6) is 11.5 Å². The third kappa shape index (κ3) is 5.24. The number of likely N-dealkylation sites (N-methyl/N-ethyl adjacent to an activating group) is 1. The topological polar surface area (TPSA) is 54.9 Å². The van der Waals surface area contributed by atoms with Crippen molar-refractivity contribution in [1.29, 1.82) is 0 Å². The predicted octanol–water partition coefficient (Wildman–Crippen LogP) is 4.31. The lowest BCUT2D eigenvalue weighted by Gasteiger charge is -2.21. The van der Waals surface area contributed by atoms with E-state index in [1.165, 1.54) is 23.1 Å². The first-order valence-electron chi connectivity index (χ1n) is 9.59. The van der Waals surface area contributed by atoms with Crippen molar-refractivity contribution in [2.24, 2.45) is 0 Å². The molecule has 0 aliphatic heterocycles. The summed E-state index contributed by atoms with van der Waals surface area (Å²) in [4.78, 5) is 22.8. The third-order valence-electron chi connectivity index (χ3n) is 4.64. The zero-order chi connectivity index (χ0) is 21.7. The van der Waals surface area contributed by atoms with Gasteiger partial charge in [-0.1, -0.05) is 17.4 Å². The molecule has 0 aliphatic rings. The highest BCUT2D eigenvalue weighted by Crippen LogP contribution is 2.36. The van der Waals surface area contributed by atoms with Gasteiger partial charge in [-0.15, -0.1) is 11.8 Å². The summed E-state index contributed by atoms with van der Waals surface area (Å²) < 4.78 is 11.7. The van der Waals surface area contributed by atoms with Crippen LogP contribution in [0.15, 0.2) is 41.3 Å². The SMILES string of the molecule is COc1ccc(SCC(=O)N(CCN(C)C)c2nc3c(OC)ccc(C)c3s2)cc1. The Hall–Kier alpha value is -2.29. The zero-order valence-electron chi connectivity index (χ0n) is 18.0. The van der Waals surface area contributed by atoms with Crippen molar-refractivity contribution in [2.45, 2.75) is 11.8 Å². The number of thioether (sulfide) groups is 1. The Labute approximate surface area is 185 Å². The molecule has 0 spiro atoms. The number of aromatic nitrogens is 1. The van der Waals surface area contributed by atoms with Gasteiger partial charge in [0.1, 0.15) is 17.0 Å². The lowest BCUT2D eigenvalue weighted by atomic mass is 10.2. The molecule has 0 N–H and O–H groups in total. The van der Waals surface area contributed by atoms with E-state index in [2.05, 4.69) is 11.8 Å². The van der Waals surface area contributed by atoms with Crippen LogP contribution in [0.1, 0.15) is 5.56 Å². The molecule has 30 heavy (non-hydrogen) atoms. The average Bonchev–Trinajstić information content (AvgIpc) is 3.19. The Kier molecular flexibility index (Phi) is 7.58. The number of rotatable bonds is 9. The average molecular weight is 446 g/mol. The molecule has 3 rings (SSSR count). The molecule has 0 radical (unpaired) electrons. The van der Waals surface area contributed by atoms with Crippen molar-refractivity contribution in [1.82, 2.24) is 9.88 Å². The molecule has 3 aromatic rings. The van der Waals surface area contributed by atoms with Crippen molar-refractivity contribution >= 4 is 44.4 Å². The van der Waals surface area contributed by atoms with E-state index in [-0.39, 0.29) is 5.91 Å². The van der Waals surface area contributed by atoms with Gasteiger partial charge >= 0.3 is 0 Å². The fourth-order valence-corrected chi connectivity index (χ4v) is 4.77. The minimum atomic E-state index is 0.0355. The Morgan fingerprint density at radius 1 is 1.07 bits per heavy atom. The summed E-state index contributed by atoms with van der Waals surface area (Å²) in [6.07, 6.45) is 0. The van der Waals surface area contributed by atoms with Crippen LogP contribution < -0.4 is 14.4 Å². The fourth-order valence-electron chi connectivity index (χ4n) is 2.90. The summed E-state index contributed by atoms with van der Waals surface area (Å²) in [6.45, 7) is 3.39. The predicted molar refractivity (Wildman–Crippen MR) is 126 cm³/mol. The molecule has 6 nitrogen and oxygen atoms in total. The molecule has 8 heteroatoms. The minimum Gasteiger partial charge on any atom is -0.497 e. The molecule has 0 fully saturated rings. The highest BCUT2D eigenvalue weighted by molar-refractivity contribution is 8.00. The zero-order valence-corrected chi connectivity index (χ0v) is 19.6. The van der Waals surface area contributed by atoms with Crippen LogP contribution in [0.25, 0.3) is 10.2 Å². The van der Waals surface area contributed by atoms with Gasteiger partial charge in [0.2, 0.25) is 5.91 Å². The van der Waals surface area contributed by atoms with Crippen LogP contribution in [-0.2, 0) is 4.79 Å². The van der Waals surface area contributed by atoms with E-state index < -0.39 is 0 Å². The Morgan fingerprint density at radius 2 is 1.80 bits per heavy atom. The molecule has 0 unspecified atom stereocenters. The molecular weight excluding hydrogens is 418 g/mol. The third-order valence-corrected chi connectivity index (χ3v) is 6.85. The normalized spacial score (nSPS) is 11.1. The number of carbonyl (C=O) groups excluding carboxylic acids is 1. The number of nitrogens with zero attached hydrogens (tertiary/aromatic N) is 3. The van der Waals surface area contributed by atoms with Crippen LogP contribution in [0.2, 0.25) is 0 Å². The maximum Gasteiger partial charge on any atom is 0.239 e. The second kappa shape index (κ2) is 10.1. The fraction of sp³-hybridized carbons (Fsp3) is 0.364. The quantitative estimate of drug-likeness (QED) is 0.458. The number of hydrogen-bond acceptors (Lipinski definition) is 7. The highest BCUT2D eigenvalue weighted by atomic mass is 32.2. The van der Waals surface area contributed by atoms with Crippen molar-refractivity contribution < 1.29 is 14.3 Å². The molecule has 2 aromatic carbocycles. The van der Waals surface area contributed by atoms with Crippen molar-refractivity contribution in [2.75, 3.05) is 52.1 Å². The van der Waals surface area contributed by atoms with Gasteiger partial charge in [0.15, 0.2) is 5.13 Å². The monoisotopic (exact) mass is 445 g/mol. The number of thiazole rings is 1. The Morgan fingerprint density at radius 3 is 2.43 bits per heavy atom. The van der Waals surface area contributed by atoms with Gasteiger partial charge in [-0.05, 0) is 56.9 Å². The lowest BCUT2D eigenvalue weighted by Crippen LogP contribution is -2.37. The molecule has 160 valence electrons. The number of amides is 1. The number of methoxy groups -OCH3 is 2. The summed E-state index contributed by atoms with van der Waals surface area (Å²) in [5.74, 6) is 1.90. The van der Waals surface area contributed by atoms with Crippen molar-refractivity contribution in [3.8, 4) is 11.5 Å². The maximum absolute atomic E-state index is 13.2. The largest absolute Gasteiger partial charge is 0.497 e. The Bertz CT molecular complexity index is 1000. The van der Waals surface area contributed by atoms with Crippen LogP contribution in [0, 0.1) is 6.92 Å². The van der Waals surface area contributed by atoms with Gasteiger partial charge in [0.05, 0.1) is 24.7 Å². The van der Waals surface area contributed by atoms with E-state index in [1.54, 1.807) is 19.1 Å². The van der Waals surface area contributed by atoms with Crippen molar-refractivity contribution in [3.05, 3.63) is 42.0 Å². The second-order valence-electron chi connectivity index (χ2n) is 7.07. The number of fused-ring (bicyclic) bond motifs is 1. The maximum atomic E-state index is 13.2. The summed E-state index contributed by atoms with van der Waals surface area (Å²) in [5, 5.41) is 0.708. The van der Waals surface area contributed by atoms with E-state index in [0.29, 0.717) is 17.4 Å². The molecule has 0 bridgehead atoms. The summed E-state index contributed by atoms with van der Waals surface area (Å²) in [7, 11) is 7.28. The molecule has 0 atom stereocenters. The summed E-state index contributed by atoms with van der Waals surface area (Å²) in [5.41, 5.74) is 1.94. The van der Waals surface area contributed by atoms with Gasteiger partial charge in [0, 0.05) is 18.0 Å². The number of aryl methyl sites for hydroxylation is 1. The number of anilines is 1. The van der Waals surface area contributed by atoms with Gasteiger partial charge in [-0.25, -0.2) is 4.98 Å². The van der Waals surface area contributed by atoms with E-state index in [4.69, 9.17) is 14.5 Å². The van der Waals surface area contributed by atoms with Gasteiger partial charge < -0.3 is 14.4 Å². The number of carbonyl (C=O) groups is 1. The second-order valence-corrected chi connectivity index (χ2v) is 9.10. The first kappa shape index (κ1) is 22.4. The molecule has 1 heterocycles. The smallest absolute Gasteiger partial charge is 0.239 e. The summed E-state index contributed by atoms with van der Waals surface area (Å²) in [6, 6.07) is 11.7. The van der Waals surface area contributed by atoms with Crippen molar-refractivity contribution in [3.63, 3.8) is 0 Å². The van der Waals surface area contributed by atoms with E-state index in [1.807, 2.05) is 50.5 Å². The summed E-state index contributed by atoms with van der Waals surface area (Å²) >= 11 is 3.05. The van der Waals surface area contributed by atoms with Gasteiger partial charge in [-0.2, -0.15) is 0 Å². The minimum absolute atomic E-state index is 0.0355. The Balaban J connectivity index is 1.83. The lowest BCUT2D eigenvalue weighted by molar-refractivity contribution is -0.116. The first-order valence-corrected chi connectivity index (χ1v) is 11.4. The number of ether oxygens (including phenoxy) is 2. The number of hydrogen-bond donors (Lipinski definition) is 0. The van der Waals surface area contributed by atoms with Gasteiger partial charge in [0.25, 0.3) is 0 Å².